The predicted molar refractivity (Wildman–Crippen MR) is 70.7 cm³/mol. The third kappa shape index (κ3) is 1.63. The van der Waals surface area contributed by atoms with Crippen LogP contribution < -0.4 is 0 Å². The van der Waals surface area contributed by atoms with E-state index in [9.17, 15) is 9.50 Å². The fourth-order valence-corrected chi connectivity index (χ4v) is 3.38. The fraction of sp³-hybridized carbons (Fsp3) is 0.400. The van der Waals surface area contributed by atoms with Crippen molar-refractivity contribution in [1.82, 2.24) is 9.55 Å². The van der Waals surface area contributed by atoms with Crippen molar-refractivity contribution in [3.63, 3.8) is 0 Å². The average molecular weight is 274 g/mol. The van der Waals surface area contributed by atoms with Crippen LogP contribution in [0.5, 0.6) is 0 Å². The smallest absolute Gasteiger partial charge is 0.123 e. The molecule has 1 aromatic carbocycles. The summed E-state index contributed by atoms with van der Waals surface area (Å²) in [6.07, 6.45) is 3.73. The summed E-state index contributed by atoms with van der Waals surface area (Å²) in [5.41, 5.74) is 2.81. The van der Waals surface area contributed by atoms with Crippen LogP contribution in [0.3, 0.4) is 0 Å². The Hall–Kier alpha value is -1.72. The first kappa shape index (κ1) is 12.1. The maximum absolute atomic E-state index is 13.5. The number of fused-ring (bicyclic) bond motifs is 3. The topological polar surface area (TPSA) is 47.3 Å². The normalized spacial score (nSPS) is 28.2. The van der Waals surface area contributed by atoms with Gasteiger partial charge < -0.3 is 14.4 Å². The number of imidazole rings is 1. The van der Waals surface area contributed by atoms with Crippen LogP contribution in [-0.2, 0) is 4.74 Å². The lowest BCUT2D eigenvalue weighted by Crippen LogP contribution is -2.37. The Bertz CT molecular complexity index is 655. The van der Waals surface area contributed by atoms with Crippen LogP contribution in [0.15, 0.2) is 30.7 Å². The molecule has 0 spiro atoms. The van der Waals surface area contributed by atoms with E-state index in [4.69, 9.17) is 4.74 Å². The van der Waals surface area contributed by atoms with Crippen molar-refractivity contribution < 1.29 is 14.2 Å². The van der Waals surface area contributed by atoms with Gasteiger partial charge in [-0.2, -0.15) is 0 Å². The summed E-state index contributed by atoms with van der Waals surface area (Å²) in [5.74, 6) is -0.277. The molecular formula is C15H15FN2O2. The van der Waals surface area contributed by atoms with E-state index >= 15 is 0 Å². The highest BCUT2D eigenvalue weighted by molar-refractivity contribution is 5.69. The Morgan fingerprint density at radius 3 is 3.15 bits per heavy atom. The Morgan fingerprint density at radius 1 is 1.40 bits per heavy atom. The zero-order valence-corrected chi connectivity index (χ0v) is 10.9. The van der Waals surface area contributed by atoms with Crippen molar-refractivity contribution >= 4 is 0 Å². The molecule has 20 heavy (non-hydrogen) atoms. The Labute approximate surface area is 115 Å². The molecule has 0 amide bonds. The highest BCUT2D eigenvalue weighted by atomic mass is 19.1. The molecule has 0 bridgehead atoms. The number of benzene rings is 1. The number of hydrogen-bond acceptors (Lipinski definition) is 3. The van der Waals surface area contributed by atoms with Gasteiger partial charge in [0.05, 0.1) is 37.0 Å². The fourth-order valence-electron chi connectivity index (χ4n) is 3.38. The molecule has 0 aliphatic carbocycles. The minimum atomic E-state index is -0.403. The lowest BCUT2D eigenvalue weighted by molar-refractivity contribution is -0.0481. The quantitative estimate of drug-likeness (QED) is 0.865. The number of aromatic nitrogens is 2. The first-order valence-corrected chi connectivity index (χ1v) is 6.83. The molecule has 1 N–H and O–H groups in total. The molecular weight excluding hydrogens is 259 g/mol. The van der Waals surface area contributed by atoms with Gasteiger partial charge >= 0.3 is 0 Å². The zero-order valence-electron chi connectivity index (χ0n) is 10.9. The molecule has 2 aliphatic heterocycles. The third-order valence-electron chi connectivity index (χ3n) is 4.34. The Kier molecular flexibility index (Phi) is 2.65. The molecule has 3 heterocycles. The molecule has 4 nitrogen and oxygen atoms in total. The number of halogens is 1. The summed E-state index contributed by atoms with van der Waals surface area (Å²) in [6.45, 7) is 1.11. The second kappa shape index (κ2) is 4.40. The molecule has 2 aromatic rings. The first-order valence-electron chi connectivity index (χ1n) is 6.83. The van der Waals surface area contributed by atoms with Crippen LogP contribution >= 0.6 is 0 Å². The van der Waals surface area contributed by atoms with Crippen molar-refractivity contribution in [2.75, 3.05) is 13.2 Å². The Morgan fingerprint density at radius 2 is 2.30 bits per heavy atom. The number of hydrogen-bond donors (Lipinski definition) is 1. The van der Waals surface area contributed by atoms with Gasteiger partial charge in [0.15, 0.2) is 0 Å². The molecule has 1 fully saturated rings. The van der Waals surface area contributed by atoms with E-state index < -0.39 is 6.10 Å². The molecule has 0 unspecified atom stereocenters. The van der Waals surface area contributed by atoms with Crippen molar-refractivity contribution in [2.24, 2.45) is 5.92 Å². The van der Waals surface area contributed by atoms with E-state index in [1.54, 1.807) is 18.6 Å². The summed E-state index contributed by atoms with van der Waals surface area (Å²) in [4.78, 5) is 4.16. The van der Waals surface area contributed by atoms with E-state index in [1.807, 2.05) is 10.6 Å². The molecule has 2 aliphatic rings. The van der Waals surface area contributed by atoms with E-state index in [-0.39, 0.29) is 17.8 Å². The summed E-state index contributed by atoms with van der Waals surface area (Å²) in [7, 11) is 0. The van der Waals surface area contributed by atoms with Gasteiger partial charge in [0, 0.05) is 18.1 Å². The standard InChI is InChI=1S/C15H15FN2O2/c16-9-1-2-10-11(5-9)13-6-17-8-18(13)15(10)12-7-20-4-3-14(12)19/h1-2,5-6,8,12,14-15,19H,3-4,7H2/t12-,14-,15+/m1/s1. The van der Waals surface area contributed by atoms with E-state index in [0.717, 1.165) is 16.8 Å². The van der Waals surface area contributed by atoms with E-state index in [2.05, 4.69) is 4.98 Å². The lowest BCUT2D eigenvalue weighted by Gasteiger charge is -2.33. The van der Waals surface area contributed by atoms with Gasteiger partial charge in [0.1, 0.15) is 5.82 Å². The van der Waals surface area contributed by atoms with Crippen molar-refractivity contribution in [3.8, 4) is 11.3 Å². The van der Waals surface area contributed by atoms with Gasteiger partial charge in [-0.3, -0.25) is 0 Å². The summed E-state index contributed by atoms with van der Waals surface area (Å²) >= 11 is 0. The molecule has 0 radical (unpaired) electrons. The number of aliphatic hydroxyl groups excluding tert-OH is 1. The Balaban J connectivity index is 1.85. The average Bonchev–Trinajstić information content (AvgIpc) is 3.00. The zero-order chi connectivity index (χ0) is 13.7. The number of ether oxygens (including phenoxy) is 1. The highest BCUT2D eigenvalue weighted by Gasteiger charge is 2.39. The van der Waals surface area contributed by atoms with Crippen LogP contribution in [0.1, 0.15) is 18.0 Å². The van der Waals surface area contributed by atoms with Crippen molar-refractivity contribution in [1.29, 1.82) is 0 Å². The summed E-state index contributed by atoms with van der Waals surface area (Å²) in [6, 6.07) is 4.79. The molecule has 4 rings (SSSR count). The monoisotopic (exact) mass is 274 g/mol. The van der Waals surface area contributed by atoms with Gasteiger partial charge in [-0.1, -0.05) is 6.07 Å². The third-order valence-corrected chi connectivity index (χ3v) is 4.34. The highest BCUT2D eigenvalue weighted by Crippen LogP contribution is 2.45. The second-order valence-corrected chi connectivity index (χ2v) is 5.46. The molecule has 0 saturated carbocycles. The van der Waals surface area contributed by atoms with Gasteiger partial charge in [0.2, 0.25) is 0 Å². The van der Waals surface area contributed by atoms with Crippen LogP contribution in [0.2, 0.25) is 0 Å². The first-order chi connectivity index (χ1) is 9.75. The van der Waals surface area contributed by atoms with Crippen LogP contribution in [0.4, 0.5) is 4.39 Å². The van der Waals surface area contributed by atoms with Crippen molar-refractivity contribution in [3.05, 3.63) is 42.1 Å². The minimum absolute atomic E-state index is 0.0246. The van der Waals surface area contributed by atoms with E-state index in [1.165, 1.54) is 6.07 Å². The van der Waals surface area contributed by atoms with Gasteiger partial charge in [-0.15, -0.1) is 0 Å². The van der Waals surface area contributed by atoms with Gasteiger partial charge in [-0.25, -0.2) is 9.37 Å². The number of rotatable bonds is 1. The van der Waals surface area contributed by atoms with Gasteiger partial charge in [0.25, 0.3) is 0 Å². The van der Waals surface area contributed by atoms with E-state index in [0.29, 0.717) is 19.6 Å². The largest absolute Gasteiger partial charge is 0.393 e. The van der Waals surface area contributed by atoms with Gasteiger partial charge in [-0.05, 0) is 24.1 Å². The maximum Gasteiger partial charge on any atom is 0.123 e. The molecule has 1 saturated heterocycles. The van der Waals surface area contributed by atoms with Crippen LogP contribution in [-0.4, -0.2) is 34.0 Å². The molecule has 3 atom stereocenters. The predicted octanol–water partition coefficient (Wildman–Crippen LogP) is 1.99. The maximum atomic E-state index is 13.5. The molecule has 1 aromatic heterocycles. The minimum Gasteiger partial charge on any atom is -0.393 e. The number of nitrogens with zero attached hydrogens (tertiary/aromatic N) is 2. The lowest BCUT2D eigenvalue weighted by atomic mass is 9.86. The summed E-state index contributed by atoms with van der Waals surface area (Å²) in [5, 5.41) is 10.3. The SMILES string of the molecule is O[C@@H]1CCOC[C@H]1[C@@H]1c2ccc(F)cc2-c2cncn21. The second-order valence-electron chi connectivity index (χ2n) is 5.46. The molecule has 104 valence electrons. The van der Waals surface area contributed by atoms with Crippen LogP contribution in [0.25, 0.3) is 11.3 Å². The summed E-state index contributed by atoms with van der Waals surface area (Å²) < 4.78 is 21.1. The van der Waals surface area contributed by atoms with Crippen molar-refractivity contribution in [2.45, 2.75) is 18.6 Å². The van der Waals surface area contributed by atoms with Crippen LogP contribution in [0, 0.1) is 11.7 Å². The molecule has 5 heteroatoms. The number of aliphatic hydroxyl groups is 1.